The highest BCUT2D eigenvalue weighted by molar-refractivity contribution is 9.10. The van der Waals surface area contributed by atoms with Gasteiger partial charge < -0.3 is 9.66 Å². The van der Waals surface area contributed by atoms with Crippen LogP contribution in [0.15, 0.2) is 28.7 Å². The topological polar surface area (TPSA) is 63.6 Å². The van der Waals surface area contributed by atoms with E-state index in [1.165, 1.54) is 0 Å². The van der Waals surface area contributed by atoms with Crippen LogP contribution in [-0.2, 0) is 16.2 Å². The van der Waals surface area contributed by atoms with Gasteiger partial charge in [-0.2, -0.15) is 0 Å². The Balaban J connectivity index is 2.36. The smallest absolute Gasteiger partial charge is 0.305 e. The minimum absolute atomic E-state index is 0.00117. The van der Waals surface area contributed by atoms with Crippen molar-refractivity contribution in [3.8, 4) is 0 Å². The van der Waals surface area contributed by atoms with E-state index in [-0.39, 0.29) is 18.5 Å². The van der Waals surface area contributed by atoms with Crippen LogP contribution >= 0.6 is 15.9 Å². The van der Waals surface area contributed by atoms with Crippen molar-refractivity contribution in [3.05, 3.63) is 34.3 Å². The zero-order valence-electron chi connectivity index (χ0n) is 13.8. The van der Waals surface area contributed by atoms with Crippen LogP contribution in [0.2, 0.25) is 0 Å². The zero-order valence-corrected chi connectivity index (χ0v) is 16.2. The Labute approximate surface area is 149 Å². The van der Waals surface area contributed by atoms with E-state index >= 15 is 0 Å². The summed E-state index contributed by atoms with van der Waals surface area (Å²) < 4.78 is 15.6. The van der Waals surface area contributed by atoms with Gasteiger partial charge >= 0.3 is 5.97 Å². The number of carboxylic acid groups (broad SMARTS) is 1. The number of carboxylic acids is 1. The Morgan fingerprint density at radius 1 is 1.35 bits per heavy atom. The molecule has 0 bridgehead atoms. The van der Waals surface area contributed by atoms with Crippen molar-refractivity contribution in [1.82, 2.24) is 4.31 Å². The van der Waals surface area contributed by atoms with Gasteiger partial charge in [0, 0.05) is 15.8 Å². The molecule has 1 heterocycles. The number of hydrogen-bond acceptors (Lipinski definition) is 3. The lowest BCUT2D eigenvalue weighted by Crippen LogP contribution is -2.52. The number of rotatable bonds is 4. The van der Waals surface area contributed by atoms with Gasteiger partial charge in [0.05, 0.1) is 18.5 Å². The molecule has 4 nitrogen and oxygen atoms in total. The van der Waals surface area contributed by atoms with Crippen LogP contribution in [0.1, 0.15) is 58.1 Å². The van der Waals surface area contributed by atoms with Crippen LogP contribution in [0, 0.1) is 0 Å². The summed E-state index contributed by atoms with van der Waals surface area (Å²) >= 11 is 2.19. The van der Waals surface area contributed by atoms with Gasteiger partial charge in [-0.05, 0) is 57.7 Å². The minimum Gasteiger partial charge on any atom is -0.597 e. The minimum atomic E-state index is -1.25. The first kappa shape index (κ1) is 18.8. The number of benzene rings is 1. The Morgan fingerprint density at radius 2 is 1.96 bits per heavy atom. The second-order valence-electron chi connectivity index (χ2n) is 6.97. The van der Waals surface area contributed by atoms with Crippen LogP contribution in [0.3, 0.4) is 0 Å². The molecule has 1 aromatic carbocycles. The summed E-state index contributed by atoms with van der Waals surface area (Å²) in [4.78, 5) is 11.2. The predicted molar refractivity (Wildman–Crippen MR) is 96.5 cm³/mol. The van der Waals surface area contributed by atoms with Crippen LogP contribution in [0.4, 0.5) is 0 Å². The largest absolute Gasteiger partial charge is 0.597 e. The van der Waals surface area contributed by atoms with E-state index in [4.69, 9.17) is 0 Å². The second-order valence-corrected chi connectivity index (χ2v) is 10.0. The lowest BCUT2D eigenvalue weighted by atomic mass is 9.92. The van der Waals surface area contributed by atoms with E-state index in [1.54, 1.807) is 0 Å². The van der Waals surface area contributed by atoms with Crippen LogP contribution < -0.4 is 0 Å². The highest BCUT2D eigenvalue weighted by Crippen LogP contribution is 2.41. The SMILES string of the molecule is CC(C)(C)[S+]([O-])N1[C@H](CC(=O)O)CCC[C@H]1c1ccc(Br)cc1. The fourth-order valence-corrected chi connectivity index (χ4v) is 4.82. The summed E-state index contributed by atoms with van der Waals surface area (Å²) in [5, 5.41) is 9.23. The first-order chi connectivity index (χ1) is 10.7. The quantitative estimate of drug-likeness (QED) is 0.764. The van der Waals surface area contributed by atoms with Crippen molar-refractivity contribution < 1.29 is 14.5 Å². The van der Waals surface area contributed by atoms with Crippen molar-refractivity contribution >= 4 is 33.3 Å². The highest BCUT2D eigenvalue weighted by Gasteiger charge is 2.45. The average Bonchev–Trinajstić information content (AvgIpc) is 2.45. The third-order valence-electron chi connectivity index (χ3n) is 4.06. The number of piperidine rings is 1. The van der Waals surface area contributed by atoms with Gasteiger partial charge in [-0.1, -0.05) is 28.1 Å². The van der Waals surface area contributed by atoms with Gasteiger partial charge in [-0.25, -0.2) is 0 Å². The van der Waals surface area contributed by atoms with Gasteiger partial charge in [-0.3, -0.25) is 4.79 Å². The molecular weight excluding hydrogens is 378 g/mol. The first-order valence-electron chi connectivity index (χ1n) is 7.87. The Hall–Kier alpha value is -0.560. The normalized spacial score (nSPS) is 24.4. The number of hydrogen-bond donors (Lipinski definition) is 1. The molecule has 0 saturated carbocycles. The Morgan fingerprint density at radius 3 is 2.48 bits per heavy atom. The predicted octanol–water partition coefficient (Wildman–Crippen LogP) is 4.28. The summed E-state index contributed by atoms with van der Waals surface area (Å²) in [5.74, 6) is -0.831. The molecule has 1 fully saturated rings. The van der Waals surface area contributed by atoms with E-state index in [1.807, 2.05) is 49.3 Å². The molecule has 1 aliphatic rings. The monoisotopic (exact) mass is 401 g/mol. The second kappa shape index (κ2) is 7.55. The van der Waals surface area contributed by atoms with Crippen molar-refractivity contribution in [1.29, 1.82) is 0 Å². The molecule has 1 saturated heterocycles. The fourth-order valence-electron chi connectivity index (χ4n) is 3.02. The molecule has 0 aromatic heterocycles. The maximum absolute atomic E-state index is 13.1. The Bertz CT molecular complexity index is 544. The summed E-state index contributed by atoms with van der Waals surface area (Å²) in [6.45, 7) is 5.82. The van der Waals surface area contributed by atoms with Gasteiger partial charge in [0.2, 0.25) is 0 Å². The molecular formula is C17H24BrNO3S. The Kier molecular flexibility index (Phi) is 6.16. The van der Waals surface area contributed by atoms with Gasteiger partial charge in [0.15, 0.2) is 0 Å². The van der Waals surface area contributed by atoms with Gasteiger partial charge in [0.1, 0.15) is 4.75 Å². The van der Waals surface area contributed by atoms with Crippen molar-refractivity contribution in [2.24, 2.45) is 0 Å². The molecule has 0 aliphatic carbocycles. The van der Waals surface area contributed by atoms with E-state index < -0.39 is 22.1 Å². The number of nitrogens with zero attached hydrogens (tertiary/aromatic N) is 1. The lowest BCUT2D eigenvalue weighted by Gasteiger charge is -2.44. The van der Waals surface area contributed by atoms with Crippen molar-refractivity contribution in [2.45, 2.75) is 63.3 Å². The summed E-state index contributed by atoms with van der Waals surface area (Å²) in [6.07, 6.45) is 2.67. The molecule has 0 spiro atoms. The van der Waals surface area contributed by atoms with E-state index in [9.17, 15) is 14.5 Å². The van der Waals surface area contributed by atoms with E-state index in [0.717, 1.165) is 29.3 Å². The van der Waals surface area contributed by atoms with Crippen LogP contribution in [0.25, 0.3) is 0 Å². The fraction of sp³-hybridized carbons (Fsp3) is 0.588. The molecule has 6 heteroatoms. The third-order valence-corrected chi connectivity index (χ3v) is 6.57. The molecule has 128 valence electrons. The standard InChI is InChI=1S/C17H24BrNO3S/c1-17(2,3)23(22)19-14(11-16(20)21)5-4-6-15(19)12-7-9-13(18)10-8-12/h7-10,14-15H,4-6,11H2,1-3H3,(H,20,21)/t14-,15-,23?/m0/s1. The van der Waals surface area contributed by atoms with E-state index in [2.05, 4.69) is 15.9 Å². The first-order valence-corrected chi connectivity index (χ1v) is 9.77. The number of halogens is 1. The maximum Gasteiger partial charge on any atom is 0.305 e. The van der Waals surface area contributed by atoms with Crippen LogP contribution in [-0.4, -0.2) is 30.7 Å². The molecule has 1 unspecified atom stereocenters. The molecule has 1 N–H and O–H groups in total. The summed E-state index contributed by atoms with van der Waals surface area (Å²) in [6, 6.07) is 7.84. The third kappa shape index (κ3) is 4.72. The van der Waals surface area contributed by atoms with Crippen molar-refractivity contribution in [2.75, 3.05) is 0 Å². The average molecular weight is 402 g/mol. The lowest BCUT2D eigenvalue weighted by molar-refractivity contribution is -0.138. The molecule has 0 radical (unpaired) electrons. The number of carbonyl (C=O) groups is 1. The molecule has 0 amide bonds. The van der Waals surface area contributed by atoms with Crippen LogP contribution in [0.5, 0.6) is 0 Å². The molecule has 2 rings (SSSR count). The number of aliphatic carboxylic acids is 1. The summed E-state index contributed by atoms with van der Waals surface area (Å²) in [5.41, 5.74) is 1.10. The highest BCUT2D eigenvalue weighted by atomic mass is 79.9. The van der Waals surface area contributed by atoms with E-state index in [0.29, 0.717) is 0 Å². The molecule has 23 heavy (non-hydrogen) atoms. The van der Waals surface area contributed by atoms with Gasteiger partial charge in [-0.15, -0.1) is 4.31 Å². The zero-order chi connectivity index (χ0) is 17.2. The molecule has 1 aromatic rings. The van der Waals surface area contributed by atoms with Gasteiger partial charge in [0.25, 0.3) is 0 Å². The molecule has 1 aliphatic heterocycles. The maximum atomic E-state index is 13.1. The van der Waals surface area contributed by atoms with Crippen molar-refractivity contribution in [3.63, 3.8) is 0 Å². The summed E-state index contributed by atoms with van der Waals surface area (Å²) in [7, 11) is 0. The molecule has 3 atom stereocenters.